The van der Waals surface area contributed by atoms with Crippen molar-refractivity contribution in [3.05, 3.63) is 48.0 Å². The normalized spacial score (nSPS) is 20.9. The second-order valence-electron chi connectivity index (χ2n) is 5.69. The van der Waals surface area contributed by atoms with Crippen LogP contribution in [0.3, 0.4) is 0 Å². The molecule has 0 amide bonds. The van der Waals surface area contributed by atoms with Crippen LogP contribution in [-0.2, 0) is 0 Å². The summed E-state index contributed by atoms with van der Waals surface area (Å²) in [6.07, 6.45) is 4.18. The summed E-state index contributed by atoms with van der Waals surface area (Å²) in [6, 6.07) is 15.7. The molecule has 2 unspecified atom stereocenters. The molecule has 1 N–H and O–H groups in total. The summed E-state index contributed by atoms with van der Waals surface area (Å²) in [4.78, 5) is 0. The van der Waals surface area contributed by atoms with Gasteiger partial charge in [-0.05, 0) is 41.9 Å². The molecule has 20 heavy (non-hydrogen) atoms. The zero-order valence-corrected chi connectivity index (χ0v) is 13.0. The van der Waals surface area contributed by atoms with Crippen LogP contribution in [-0.4, -0.2) is 17.5 Å². The van der Waals surface area contributed by atoms with Crippen LogP contribution in [0, 0.1) is 0 Å². The lowest BCUT2D eigenvalue weighted by molar-refractivity contribution is 0.540. The van der Waals surface area contributed by atoms with Crippen molar-refractivity contribution in [2.75, 3.05) is 12.3 Å². The van der Waals surface area contributed by atoms with Crippen molar-refractivity contribution in [2.24, 2.45) is 0 Å². The third-order valence-corrected chi connectivity index (χ3v) is 5.61. The van der Waals surface area contributed by atoms with Gasteiger partial charge in [-0.15, -0.1) is 0 Å². The van der Waals surface area contributed by atoms with Gasteiger partial charge in [0.1, 0.15) is 0 Å². The fourth-order valence-electron chi connectivity index (χ4n) is 3.01. The Morgan fingerprint density at radius 3 is 2.85 bits per heavy atom. The third kappa shape index (κ3) is 3.18. The molecule has 2 aromatic rings. The Morgan fingerprint density at radius 2 is 2.00 bits per heavy atom. The van der Waals surface area contributed by atoms with Gasteiger partial charge in [0, 0.05) is 17.8 Å². The average molecular weight is 285 g/mol. The molecular formula is C18H23NS. The average Bonchev–Trinajstić information content (AvgIpc) is 2.53. The summed E-state index contributed by atoms with van der Waals surface area (Å²) in [5.74, 6) is 1.34. The Morgan fingerprint density at radius 1 is 1.15 bits per heavy atom. The Hall–Kier alpha value is -0.990. The van der Waals surface area contributed by atoms with Crippen molar-refractivity contribution >= 4 is 22.5 Å². The molecule has 0 bridgehead atoms. The first kappa shape index (κ1) is 14.0. The predicted molar refractivity (Wildman–Crippen MR) is 90.5 cm³/mol. The minimum Gasteiger partial charge on any atom is -0.309 e. The van der Waals surface area contributed by atoms with Crippen LogP contribution in [0.15, 0.2) is 42.5 Å². The molecule has 0 aliphatic carbocycles. The molecule has 0 saturated carbocycles. The van der Waals surface area contributed by atoms with Gasteiger partial charge in [0.05, 0.1) is 0 Å². The molecule has 3 rings (SSSR count). The number of rotatable bonds is 4. The highest BCUT2D eigenvalue weighted by Gasteiger charge is 2.15. The van der Waals surface area contributed by atoms with Crippen LogP contribution in [0.4, 0.5) is 0 Å². The summed E-state index contributed by atoms with van der Waals surface area (Å²) >= 11 is 2.14. The molecule has 2 heteroatoms. The summed E-state index contributed by atoms with van der Waals surface area (Å²) in [5.41, 5.74) is 1.42. The van der Waals surface area contributed by atoms with Gasteiger partial charge in [0.25, 0.3) is 0 Å². The quantitative estimate of drug-likeness (QED) is 0.868. The number of hydrogen-bond acceptors (Lipinski definition) is 2. The van der Waals surface area contributed by atoms with Crippen molar-refractivity contribution in [3.63, 3.8) is 0 Å². The molecule has 1 saturated heterocycles. The van der Waals surface area contributed by atoms with Crippen LogP contribution < -0.4 is 5.32 Å². The molecule has 1 fully saturated rings. The van der Waals surface area contributed by atoms with E-state index >= 15 is 0 Å². The molecule has 2 aromatic carbocycles. The number of hydrogen-bond donors (Lipinski definition) is 1. The van der Waals surface area contributed by atoms with Gasteiger partial charge in [-0.25, -0.2) is 0 Å². The Bertz CT molecular complexity index is 555. The number of nitrogens with one attached hydrogen (secondary N) is 1. The lowest BCUT2D eigenvalue weighted by Gasteiger charge is -2.24. The fourth-order valence-corrected chi connectivity index (χ4v) is 4.27. The smallest absolute Gasteiger partial charge is 0.0298 e. The van der Waals surface area contributed by atoms with Crippen molar-refractivity contribution in [3.8, 4) is 0 Å². The number of thioether (sulfide) groups is 1. The highest BCUT2D eigenvalue weighted by Crippen LogP contribution is 2.27. The van der Waals surface area contributed by atoms with Crippen LogP contribution in [0.2, 0.25) is 0 Å². The lowest BCUT2D eigenvalue weighted by Crippen LogP contribution is -2.29. The zero-order valence-electron chi connectivity index (χ0n) is 12.1. The molecule has 0 aromatic heterocycles. The first-order valence-electron chi connectivity index (χ1n) is 7.67. The third-order valence-electron chi connectivity index (χ3n) is 4.22. The SMILES string of the molecule is CC(NCC1CCCCS1)c1cccc2ccccc12. The fraction of sp³-hybridized carbons (Fsp3) is 0.444. The standard InChI is InChI=1S/C18H23NS/c1-14(19-13-16-9-4-5-12-20-16)17-11-6-8-15-7-2-3-10-18(15)17/h2-3,6-8,10-11,14,16,19H,4-5,9,12-13H2,1H3. The number of fused-ring (bicyclic) bond motifs is 1. The zero-order chi connectivity index (χ0) is 13.8. The topological polar surface area (TPSA) is 12.0 Å². The monoisotopic (exact) mass is 285 g/mol. The van der Waals surface area contributed by atoms with Gasteiger partial charge < -0.3 is 5.32 Å². The molecule has 1 aliphatic rings. The van der Waals surface area contributed by atoms with E-state index in [2.05, 4.69) is 66.5 Å². The predicted octanol–water partition coefficient (Wildman–Crippen LogP) is 4.78. The maximum absolute atomic E-state index is 3.74. The van der Waals surface area contributed by atoms with Gasteiger partial charge in [-0.1, -0.05) is 48.9 Å². The first-order chi connectivity index (χ1) is 9.84. The summed E-state index contributed by atoms with van der Waals surface area (Å²) < 4.78 is 0. The van der Waals surface area contributed by atoms with Gasteiger partial charge >= 0.3 is 0 Å². The minimum atomic E-state index is 0.420. The van der Waals surface area contributed by atoms with E-state index in [1.54, 1.807) is 0 Å². The highest BCUT2D eigenvalue weighted by atomic mass is 32.2. The molecule has 0 spiro atoms. The van der Waals surface area contributed by atoms with E-state index < -0.39 is 0 Å². The van der Waals surface area contributed by atoms with Crippen LogP contribution in [0.25, 0.3) is 10.8 Å². The van der Waals surface area contributed by atoms with Crippen molar-refractivity contribution in [1.82, 2.24) is 5.32 Å². The van der Waals surface area contributed by atoms with Gasteiger partial charge in [-0.3, -0.25) is 0 Å². The number of benzene rings is 2. The van der Waals surface area contributed by atoms with E-state index in [0.29, 0.717) is 6.04 Å². The lowest BCUT2D eigenvalue weighted by atomic mass is 9.99. The van der Waals surface area contributed by atoms with Crippen LogP contribution in [0.5, 0.6) is 0 Å². The van der Waals surface area contributed by atoms with Crippen molar-refractivity contribution in [1.29, 1.82) is 0 Å². The molecule has 1 nitrogen and oxygen atoms in total. The van der Waals surface area contributed by atoms with Gasteiger partial charge in [0.15, 0.2) is 0 Å². The molecule has 2 atom stereocenters. The van der Waals surface area contributed by atoms with Crippen LogP contribution >= 0.6 is 11.8 Å². The van der Waals surface area contributed by atoms with Crippen LogP contribution in [0.1, 0.15) is 37.8 Å². The van der Waals surface area contributed by atoms with E-state index in [0.717, 1.165) is 11.8 Å². The van der Waals surface area contributed by atoms with Gasteiger partial charge in [0.2, 0.25) is 0 Å². The molecular weight excluding hydrogens is 262 g/mol. The van der Waals surface area contributed by atoms with E-state index in [9.17, 15) is 0 Å². The largest absolute Gasteiger partial charge is 0.309 e. The highest BCUT2D eigenvalue weighted by molar-refractivity contribution is 7.99. The maximum Gasteiger partial charge on any atom is 0.0298 e. The minimum absolute atomic E-state index is 0.420. The molecule has 1 aliphatic heterocycles. The Kier molecular flexibility index (Phi) is 4.64. The van der Waals surface area contributed by atoms with Gasteiger partial charge in [-0.2, -0.15) is 11.8 Å². The van der Waals surface area contributed by atoms with Crippen molar-refractivity contribution < 1.29 is 0 Å². The van der Waals surface area contributed by atoms with E-state index in [-0.39, 0.29) is 0 Å². The molecule has 106 valence electrons. The van der Waals surface area contributed by atoms with E-state index in [4.69, 9.17) is 0 Å². The summed E-state index contributed by atoms with van der Waals surface area (Å²) in [7, 11) is 0. The Labute approximate surface area is 126 Å². The Balaban J connectivity index is 1.70. The van der Waals surface area contributed by atoms with E-state index in [1.165, 1.54) is 41.4 Å². The summed E-state index contributed by atoms with van der Waals surface area (Å²) in [5, 5.41) is 7.27. The summed E-state index contributed by atoms with van der Waals surface area (Å²) in [6.45, 7) is 3.42. The molecule has 0 radical (unpaired) electrons. The van der Waals surface area contributed by atoms with Crippen molar-refractivity contribution in [2.45, 2.75) is 37.5 Å². The second kappa shape index (κ2) is 6.64. The first-order valence-corrected chi connectivity index (χ1v) is 8.72. The second-order valence-corrected chi connectivity index (χ2v) is 7.10. The molecule has 1 heterocycles. The maximum atomic E-state index is 3.74. The van der Waals surface area contributed by atoms with E-state index in [1.807, 2.05) is 0 Å².